The minimum absolute atomic E-state index is 0.0952. The second-order valence-electron chi connectivity index (χ2n) is 11.2. The molecule has 0 aliphatic carbocycles. The van der Waals surface area contributed by atoms with E-state index < -0.39 is 19.7 Å². The summed E-state index contributed by atoms with van der Waals surface area (Å²) in [5.41, 5.74) is 4.77. The maximum atomic E-state index is 13.6. The summed E-state index contributed by atoms with van der Waals surface area (Å²) in [4.78, 5) is 23.7. The van der Waals surface area contributed by atoms with Gasteiger partial charge in [-0.1, -0.05) is 6.07 Å². The molecule has 1 aliphatic heterocycles. The zero-order valence-corrected chi connectivity index (χ0v) is 30.0. The first-order valence-electron chi connectivity index (χ1n) is 14.9. The third kappa shape index (κ3) is 7.54. The largest absolute Gasteiger partial charge is 0.494 e. The van der Waals surface area contributed by atoms with Gasteiger partial charge in [-0.05, 0) is 53.0 Å². The van der Waals surface area contributed by atoms with Crippen molar-refractivity contribution in [3.63, 3.8) is 0 Å². The Labute approximate surface area is 289 Å². The van der Waals surface area contributed by atoms with Gasteiger partial charge in [0.05, 0.1) is 34.5 Å². The summed E-state index contributed by atoms with van der Waals surface area (Å²) >= 11 is 3.49. The molecule has 13 nitrogen and oxygen atoms in total. The van der Waals surface area contributed by atoms with Gasteiger partial charge in [0, 0.05) is 82.7 Å². The molecule has 5 rings (SSSR count). The first kappa shape index (κ1) is 36.1. The number of carbonyl (C=O) groups is 1. The van der Waals surface area contributed by atoms with Gasteiger partial charge in [0.25, 0.3) is 0 Å². The minimum Gasteiger partial charge on any atom is -0.494 e. The predicted molar refractivity (Wildman–Crippen MR) is 184 cm³/mol. The molecule has 1 amide bonds. The maximum absolute atomic E-state index is 13.6. The van der Waals surface area contributed by atoms with Crippen LogP contribution in [0.1, 0.15) is 11.1 Å². The summed E-state index contributed by atoms with van der Waals surface area (Å²) in [6, 6.07) is 7.25. The van der Waals surface area contributed by atoms with E-state index in [0.717, 1.165) is 27.2 Å². The number of aromatic nitrogens is 4. The van der Waals surface area contributed by atoms with Gasteiger partial charge in [0.2, 0.25) is 5.95 Å². The van der Waals surface area contributed by atoms with Gasteiger partial charge in [0.1, 0.15) is 11.6 Å². The summed E-state index contributed by atoms with van der Waals surface area (Å²) in [7, 11) is 2.25. The van der Waals surface area contributed by atoms with Crippen LogP contribution in [0.15, 0.2) is 47.3 Å². The van der Waals surface area contributed by atoms with Crippen molar-refractivity contribution in [2.24, 2.45) is 7.05 Å². The molecule has 49 heavy (non-hydrogen) atoms. The van der Waals surface area contributed by atoms with Crippen LogP contribution < -0.4 is 25.6 Å². The third-order valence-electron chi connectivity index (χ3n) is 8.18. The van der Waals surface area contributed by atoms with E-state index >= 15 is 0 Å². The number of rotatable bonds is 10. The van der Waals surface area contributed by atoms with Gasteiger partial charge in [-0.2, -0.15) is 23.3 Å². The minimum atomic E-state index is -4.93. The van der Waals surface area contributed by atoms with Crippen LogP contribution in [-0.2, 0) is 25.5 Å². The first-order chi connectivity index (χ1) is 23.2. The number of hydrogen-bond donors (Lipinski definition) is 2. The normalized spacial score (nSPS) is 13.8. The number of alkyl halides is 3. The van der Waals surface area contributed by atoms with E-state index in [9.17, 15) is 22.5 Å². The van der Waals surface area contributed by atoms with Crippen molar-refractivity contribution in [2.75, 3.05) is 63.0 Å². The van der Waals surface area contributed by atoms with Crippen LogP contribution in [0.4, 0.5) is 42.0 Å². The molecule has 1 fully saturated rings. The van der Waals surface area contributed by atoms with Crippen molar-refractivity contribution in [3.05, 3.63) is 58.5 Å². The molecule has 0 saturated carbocycles. The van der Waals surface area contributed by atoms with Crippen molar-refractivity contribution in [2.45, 2.75) is 20.0 Å². The number of nitrogens with zero attached hydrogens (tertiary/aromatic N) is 6. The van der Waals surface area contributed by atoms with E-state index in [-0.39, 0.29) is 32.1 Å². The fraction of sp³-hybridized carbons (Fsp3) is 0.355. The first-order valence-corrected chi connectivity index (χ1v) is 17.2. The average molecular weight is 768 g/mol. The summed E-state index contributed by atoms with van der Waals surface area (Å²) in [5.74, 6) is -0.884. The molecule has 0 unspecified atom stereocenters. The highest BCUT2D eigenvalue weighted by molar-refractivity contribution is 9.10. The lowest BCUT2D eigenvalue weighted by Gasteiger charge is -2.37. The monoisotopic (exact) mass is 766 g/mol. The molecule has 3 heterocycles. The zero-order valence-electron chi connectivity index (χ0n) is 27.6. The van der Waals surface area contributed by atoms with Gasteiger partial charge in [-0.25, -0.2) is 4.98 Å². The molecule has 0 atom stereocenters. The molecule has 1 aliphatic rings. The van der Waals surface area contributed by atoms with Crippen molar-refractivity contribution in [1.82, 2.24) is 24.6 Å². The summed E-state index contributed by atoms with van der Waals surface area (Å²) in [6.07, 6.45) is 0.115. The Morgan fingerprint density at radius 3 is 2.29 bits per heavy atom. The zero-order chi connectivity index (χ0) is 35.7. The van der Waals surface area contributed by atoms with Gasteiger partial charge in [-0.3, -0.25) is 14.0 Å². The quantitative estimate of drug-likeness (QED) is 0.182. The number of benzene rings is 2. The Hall–Kier alpha value is -4.18. The van der Waals surface area contributed by atoms with E-state index in [2.05, 4.69) is 41.6 Å². The molecule has 262 valence electrons. The Kier molecular flexibility index (Phi) is 10.6. The van der Waals surface area contributed by atoms with Gasteiger partial charge in [0.15, 0.2) is 0 Å². The Morgan fingerprint density at radius 1 is 1.00 bits per heavy atom. The number of piperazine rings is 1. The molecular formula is C31H35BrF3N8O5P. The topological polar surface area (TPSA) is 136 Å². The molecule has 0 bridgehead atoms. The maximum Gasteiger partial charge on any atom is 0.471 e. The van der Waals surface area contributed by atoms with Crippen LogP contribution in [0.5, 0.6) is 5.75 Å². The van der Waals surface area contributed by atoms with Crippen molar-refractivity contribution in [3.8, 4) is 16.9 Å². The van der Waals surface area contributed by atoms with Gasteiger partial charge < -0.3 is 34.2 Å². The molecule has 0 radical (unpaired) electrons. The van der Waals surface area contributed by atoms with Gasteiger partial charge >= 0.3 is 19.7 Å². The lowest BCUT2D eigenvalue weighted by atomic mass is 10.0. The lowest BCUT2D eigenvalue weighted by Crippen LogP contribution is -2.52. The van der Waals surface area contributed by atoms with Crippen molar-refractivity contribution in [1.29, 1.82) is 0 Å². The number of hydrogen-bond acceptors (Lipinski definition) is 11. The highest BCUT2D eigenvalue weighted by Gasteiger charge is 2.43. The van der Waals surface area contributed by atoms with Gasteiger partial charge in [-0.15, -0.1) is 0 Å². The molecular weight excluding hydrogens is 732 g/mol. The third-order valence-corrected chi connectivity index (χ3v) is 10.8. The Morgan fingerprint density at radius 2 is 1.69 bits per heavy atom. The molecule has 1 saturated heterocycles. The highest BCUT2D eigenvalue weighted by Crippen LogP contribution is 2.49. The second kappa shape index (κ2) is 14.4. The number of halogens is 4. The fourth-order valence-corrected chi connectivity index (χ4v) is 7.31. The Bertz CT molecular complexity index is 1910. The number of methoxy groups -OCH3 is 1. The summed E-state index contributed by atoms with van der Waals surface area (Å²) in [5, 5.41) is 11.1. The molecule has 2 aromatic heterocycles. The van der Waals surface area contributed by atoms with Crippen LogP contribution in [0.25, 0.3) is 11.1 Å². The van der Waals surface area contributed by atoms with Crippen LogP contribution in [-0.4, -0.2) is 84.2 Å². The van der Waals surface area contributed by atoms with Crippen LogP contribution in [0.2, 0.25) is 0 Å². The predicted octanol–water partition coefficient (Wildman–Crippen LogP) is 6.07. The van der Waals surface area contributed by atoms with E-state index in [1.165, 1.54) is 21.3 Å². The van der Waals surface area contributed by atoms with Crippen LogP contribution in [0, 0.1) is 13.8 Å². The molecule has 0 spiro atoms. The molecule has 2 aromatic carbocycles. The second-order valence-corrected chi connectivity index (χ2v) is 14.2. The summed E-state index contributed by atoms with van der Waals surface area (Å²) < 4.78 is 71.3. The SMILES string of the molecule is COc1cc(N2CCN(C(=O)C(F)(F)F)CC2)c(-c2cnn(C)c2)cc1Nc1ncc(Br)c(Nc2ccc(C)c(C)c2P(=O)(OC)OC)n1. The van der Waals surface area contributed by atoms with Crippen LogP contribution >= 0.6 is 23.5 Å². The number of amides is 1. The fourth-order valence-electron chi connectivity index (χ4n) is 5.49. The number of nitrogens with one attached hydrogen (secondary N) is 2. The van der Waals surface area contributed by atoms with E-state index in [0.29, 0.717) is 38.4 Å². The van der Waals surface area contributed by atoms with E-state index in [1.54, 1.807) is 36.3 Å². The standard InChI is InChI=1S/C31H35BrF3N8O5P/c1-18-7-8-23(27(19(18)2)49(45,47-5)48-6)38-28-22(32)16-36-30(40-28)39-24-13-21(20-15-37-41(3)17-20)25(14-26(24)46-4)42-9-11-43(12-10-42)29(44)31(33,34)35/h7-8,13-17H,9-12H2,1-6H3,(H2,36,38,39,40). The van der Waals surface area contributed by atoms with E-state index in [4.69, 9.17) is 13.8 Å². The average Bonchev–Trinajstić information content (AvgIpc) is 3.52. The smallest absolute Gasteiger partial charge is 0.471 e. The molecule has 2 N–H and O–H groups in total. The molecule has 18 heteroatoms. The lowest BCUT2D eigenvalue weighted by molar-refractivity contribution is -0.185. The number of anilines is 5. The van der Waals surface area contributed by atoms with Crippen molar-refractivity contribution < 1.29 is 36.3 Å². The highest BCUT2D eigenvalue weighted by atomic mass is 79.9. The van der Waals surface area contributed by atoms with E-state index in [1.807, 2.05) is 37.1 Å². The van der Waals surface area contributed by atoms with Crippen molar-refractivity contribution >= 4 is 63.6 Å². The molecule has 4 aromatic rings. The Balaban J connectivity index is 1.49. The summed E-state index contributed by atoms with van der Waals surface area (Å²) in [6.45, 7) is 3.89. The number of ether oxygens (including phenoxy) is 1. The number of aryl methyl sites for hydroxylation is 2. The van der Waals surface area contributed by atoms with Crippen LogP contribution in [0.3, 0.4) is 0 Å². The number of carbonyl (C=O) groups excluding carboxylic acids is 1.